The van der Waals surface area contributed by atoms with E-state index in [-0.39, 0.29) is 5.78 Å². The van der Waals surface area contributed by atoms with Gasteiger partial charge in [-0.15, -0.1) is 0 Å². The highest BCUT2D eigenvalue weighted by molar-refractivity contribution is 6.11. The molecule has 0 spiro atoms. The number of rotatable bonds is 4. The normalized spacial score (nSPS) is 20.4. The third kappa shape index (κ3) is 3.75. The van der Waals surface area contributed by atoms with E-state index in [9.17, 15) is 0 Å². The third-order valence-electron chi connectivity index (χ3n) is 10.1. The fraction of sp³-hybridized carbons (Fsp3) is 0.140. The van der Waals surface area contributed by atoms with Gasteiger partial charge in [-0.2, -0.15) is 0 Å². The summed E-state index contributed by atoms with van der Waals surface area (Å²) in [5.41, 5.74) is 7.20. The van der Waals surface area contributed by atoms with E-state index >= 15 is 4.79 Å². The van der Waals surface area contributed by atoms with Crippen molar-refractivity contribution in [2.75, 3.05) is 0 Å². The maximum absolute atomic E-state index is 16.5. The summed E-state index contributed by atoms with van der Waals surface area (Å²) in [5, 5.41) is 4.61. The van der Waals surface area contributed by atoms with Crippen molar-refractivity contribution in [1.82, 2.24) is 0 Å². The molecule has 0 bridgehead atoms. The van der Waals surface area contributed by atoms with Crippen molar-refractivity contribution >= 4 is 39.5 Å². The molecule has 8 rings (SSSR count). The molecule has 2 aliphatic rings. The number of hydrogen-bond donors (Lipinski definition) is 0. The number of aryl methyl sites for hydroxylation is 2. The Hall–Kier alpha value is -5.01. The highest BCUT2D eigenvalue weighted by atomic mass is 16.1. The van der Waals surface area contributed by atoms with Crippen molar-refractivity contribution in [3.8, 4) is 0 Å². The van der Waals surface area contributed by atoms with Crippen LogP contribution in [0.4, 0.5) is 0 Å². The Morgan fingerprint density at radius 3 is 1.41 bits per heavy atom. The number of Topliss-reactive ketones (excluding diaryl/α,β-unsaturated/α-hetero) is 1. The van der Waals surface area contributed by atoms with Crippen LogP contribution in [0.2, 0.25) is 0 Å². The van der Waals surface area contributed by atoms with Crippen LogP contribution < -0.4 is 0 Å². The minimum absolute atomic E-state index is 0.236. The molecule has 0 aliphatic heterocycles. The Morgan fingerprint density at radius 2 is 0.932 bits per heavy atom. The molecule has 0 radical (unpaired) electrons. The van der Waals surface area contributed by atoms with E-state index in [1.54, 1.807) is 0 Å². The zero-order chi connectivity index (χ0) is 29.9. The summed E-state index contributed by atoms with van der Waals surface area (Å²) >= 11 is 0. The molecule has 212 valence electrons. The van der Waals surface area contributed by atoms with Gasteiger partial charge in [0.15, 0.2) is 5.78 Å². The first kappa shape index (κ1) is 26.6. The van der Waals surface area contributed by atoms with Crippen molar-refractivity contribution in [3.05, 3.63) is 178 Å². The fourth-order valence-electron chi connectivity index (χ4n) is 8.11. The lowest BCUT2D eigenvalue weighted by Gasteiger charge is -2.46. The second-order valence-electron chi connectivity index (χ2n) is 12.6. The first-order chi connectivity index (χ1) is 21.5. The number of carbonyl (C=O) groups excluding carboxylic acids is 1. The molecular weight excluding hydrogens is 532 g/mol. The number of allylic oxidation sites excluding steroid dienone is 2. The third-order valence-corrected chi connectivity index (χ3v) is 10.1. The molecule has 2 aliphatic carbocycles. The molecule has 6 aromatic carbocycles. The second-order valence-corrected chi connectivity index (χ2v) is 12.6. The molecule has 0 amide bonds. The lowest BCUT2D eigenvalue weighted by Crippen LogP contribution is -2.52. The average molecular weight is 567 g/mol. The maximum atomic E-state index is 16.5. The second kappa shape index (κ2) is 10.0. The van der Waals surface area contributed by atoms with Crippen molar-refractivity contribution in [3.63, 3.8) is 0 Å². The molecule has 0 heterocycles. The van der Waals surface area contributed by atoms with E-state index in [0.717, 1.165) is 44.2 Å². The van der Waals surface area contributed by atoms with E-state index in [1.807, 2.05) is 0 Å². The Kier molecular flexibility index (Phi) is 6.06. The van der Waals surface area contributed by atoms with Gasteiger partial charge in [-0.05, 0) is 81.6 Å². The molecule has 1 nitrogen and oxygen atoms in total. The molecule has 0 aromatic heterocycles. The highest BCUT2D eigenvalue weighted by Crippen LogP contribution is 2.54. The minimum atomic E-state index is -0.898. The lowest BCUT2D eigenvalue weighted by atomic mass is 9.53. The summed E-state index contributed by atoms with van der Waals surface area (Å²) in [7, 11) is 0. The van der Waals surface area contributed by atoms with E-state index < -0.39 is 10.8 Å². The van der Waals surface area contributed by atoms with Gasteiger partial charge >= 0.3 is 0 Å². The van der Waals surface area contributed by atoms with E-state index in [4.69, 9.17) is 0 Å². The number of carbonyl (C=O) groups is 1. The lowest BCUT2D eigenvalue weighted by molar-refractivity contribution is -0.127. The van der Waals surface area contributed by atoms with Crippen LogP contribution in [0.25, 0.3) is 33.7 Å². The summed E-state index contributed by atoms with van der Waals surface area (Å²) in [5.74, 6) is 0.236. The number of ketones is 1. The summed E-state index contributed by atoms with van der Waals surface area (Å²) in [6.07, 6.45) is 10.0. The van der Waals surface area contributed by atoms with Gasteiger partial charge in [-0.25, -0.2) is 0 Å². The smallest absolute Gasteiger partial charge is 0.163 e. The van der Waals surface area contributed by atoms with Crippen molar-refractivity contribution in [2.24, 2.45) is 0 Å². The van der Waals surface area contributed by atoms with Crippen LogP contribution in [0, 0.1) is 13.8 Å². The van der Waals surface area contributed by atoms with Crippen molar-refractivity contribution in [1.29, 1.82) is 0 Å². The molecule has 2 atom stereocenters. The van der Waals surface area contributed by atoms with Crippen LogP contribution in [0.5, 0.6) is 0 Å². The molecule has 0 fully saturated rings. The summed E-state index contributed by atoms with van der Waals surface area (Å²) < 4.78 is 0. The van der Waals surface area contributed by atoms with Gasteiger partial charge in [0.25, 0.3) is 0 Å². The SMILES string of the molecule is Cc1ccc2c(C3(C(=O)C4(c5cccc6cc(C)ccc56)CC=Cc5ccccc54)CC=Cc4ccccc43)cccc2c1. The van der Waals surface area contributed by atoms with Crippen LogP contribution in [0.15, 0.2) is 133 Å². The molecule has 6 aromatic rings. The Labute approximate surface area is 259 Å². The zero-order valence-electron chi connectivity index (χ0n) is 25.2. The molecule has 0 saturated heterocycles. The summed E-state index contributed by atoms with van der Waals surface area (Å²) in [6, 6.07) is 43.3. The van der Waals surface area contributed by atoms with Crippen LogP contribution in [0.1, 0.15) is 57.3 Å². The Bertz CT molecular complexity index is 2020. The number of hydrogen-bond acceptors (Lipinski definition) is 1. The van der Waals surface area contributed by atoms with Crippen LogP contribution in [0.3, 0.4) is 0 Å². The first-order valence-electron chi connectivity index (χ1n) is 15.6. The highest BCUT2D eigenvalue weighted by Gasteiger charge is 2.55. The van der Waals surface area contributed by atoms with Crippen LogP contribution in [-0.4, -0.2) is 5.78 Å². The van der Waals surface area contributed by atoms with Crippen LogP contribution >= 0.6 is 0 Å². The van der Waals surface area contributed by atoms with E-state index in [1.165, 1.54) is 21.9 Å². The molecule has 0 N–H and O–H groups in total. The van der Waals surface area contributed by atoms with Gasteiger partial charge in [0, 0.05) is 0 Å². The summed E-state index contributed by atoms with van der Waals surface area (Å²) in [4.78, 5) is 16.5. The molecular formula is C43H34O. The molecule has 0 saturated carbocycles. The standard InChI is InChI=1S/C43H34O/c1-29-21-23-35-33(27-29)13-7-19-39(35)42(25-9-15-31-11-3-5-17-37(31)42)41(44)43(26-10-16-32-12-4-6-18-38(32)43)40-20-8-14-34-28-30(2)22-24-36(34)40/h3-24,27-28H,25-26H2,1-2H3. The van der Waals surface area contributed by atoms with E-state index in [0.29, 0.717) is 12.8 Å². The zero-order valence-corrected chi connectivity index (χ0v) is 25.2. The number of fused-ring (bicyclic) bond motifs is 4. The summed E-state index contributed by atoms with van der Waals surface area (Å²) in [6.45, 7) is 4.27. The fourth-order valence-corrected chi connectivity index (χ4v) is 8.11. The van der Waals surface area contributed by atoms with Crippen molar-refractivity contribution in [2.45, 2.75) is 37.5 Å². The van der Waals surface area contributed by atoms with Gasteiger partial charge in [-0.1, -0.05) is 157 Å². The molecule has 44 heavy (non-hydrogen) atoms. The van der Waals surface area contributed by atoms with Gasteiger partial charge in [0.2, 0.25) is 0 Å². The quantitative estimate of drug-likeness (QED) is 0.207. The van der Waals surface area contributed by atoms with Crippen molar-refractivity contribution < 1.29 is 4.79 Å². The number of benzene rings is 6. The Balaban J connectivity index is 1.52. The molecule has 1 heteroatoms. The Morgan fingerprint density at radius 1 is 0.500 bits per heavy atom. The minimum Gasteiger partial charge on any atom is -0.297 e. The van der Waals surface area contributed by atoms with Crippen LogP contribution in [-0.2, 0) is 15.6 Å². The predicted molar refractivity (Wildman–Crippen MR) is 184 cm³/mol. The first-order valence-corrected chi connectivity index (χ1v) is 15.6. The average Bonchev–Trinajstić information content (AvgIpc) is 3.06. The predicted octanol–water partition coefficient (Wildman–Crippen LogP) is 10.3. The monoisotopic (exact) mass is 566 g/mol. The van der Waals surface area contributed by atoms with Gasteiger partial charge < -0.3 is 0 Å². The van der Waals surface area contributed by atoms with E-state index in [2.05, 4.69) is 159 Å². The largest absolute Gasteiger partial charge is 0.297 e. The topological polar surface area (TPSA) is 17.1 Å². The van der Waals surface area contributed by atoms with Gasteiger partial charge in [0.05, 0.1) is 10.8 Å². The maximum Gasteiger partial charge on any atom is 0.163 e. The van der Waals surface area contributed by atoms with Gasteiger partial charge in [-0.3, -0.25) is 4.79 Å². The van der Waals surface area contributed by atoms with Gasteiger partial charge in [0.1, 0.15) is 0 Å². The molecule has 2 unspecified atom stereocenters.